The lowest BCUT2D eigenvalue weighted by Crippen LogP contribution is -2.23. The van der Waals surface area contributed by atoms with Crippen LogP contribution in [0.4, 0.5) is 4.39 Å². The van der Waals surface area contributed by atoms with E-state index in [9.17, 15) is 14.3 Å². The minimum absolute atomic E-state index is 0.0510. The summed E-state index contributed by atoms with van der Waals surface area (Å²) in [5.41, 5.74) is 5.04. The van der Waals surface area contributed by atoms with Gasteiger partial charge in [-0.3, -0.25) is 9.48 Å². The van der Waals surface area contributed by atoms with Crippen LogP contribution >= 0.6 is 11.6 Å². The SMILES string of the molecule is COc1ccc(F)c(Cl)c1C(C)c1c[nH]c2ncc(-c3cn(C4CCC(C(=O)O)CC4)nc3C)cc12. The third-order valence-electron chi connectivity index (χ3n) is 7.42. The maximum atomic E-state index is 14.3. The fourth-order valence-electron chi connectivity index (χ4n) is 5.35. The number of aryl methyl sites for hydroxylation is 1. The van der Waals surface area contributed by atoms with Gasteiger partial charge in [0.05, 0.1) is 29.8 Å². The molecule has 7 nitrogen and oxygen atoms in total. The lowest BCUT2D eigenvalue weighted by Gasteiger charge is -2.26. The summed E-state index contributed by atoms with van der Waals surface area (Å²) in [5, 5.41) is 15.0. The highest BCUT2D eigenvalue weighted by Crippen LogP contribution is 2.41. The maximum absolute atomic E-state index is 14.3. The molecule has 36 heavy (non-hydrogen) atoms. The van der Waals surface area contributed by atoms with Crippen molar-refractivity contribution in [3.8, 4) is 16.9 Å². The van der Waals surface area contributed by atoms with Gasteiger partial charge in [-0.05, 0) is 56.4 Å². The first-order valence-corrected chi connectivity index (χ1v) is 12.4. The minimum Gasteiger partial charge on any atom is -0.496 e. The molecule has 0 radical (unpaired) electrons. The molecule has 4 aromatic rings. The van der Waals surface area contributed by atoms with Gasteiger partial charge in [-0.25, -0.2) is 9.37 Å². The number of ether oxygens (including phenoxy) is 1. The molecule has 9 heteroatoms. The van der Waals surface area contributed by atoms with Crippen molar-refractivity contribution in [1.82, 2.24) is 19.7 Å². The number of aromatic nitrogens is 4. The normalized spacial score (nSPS) is 18.9. The molecular weight excluding hydrogens is 483 g/mol. The summed E-state index contributed by atoms with van der Waals surface area (Å²) in [6.45, 7) is 3.94. The largest absolute Gasteiger partial charge is 0.496 e. The van der Waals surface area contributed by atoms with Crippen molar-refractivity contribution in [3.63, 3.8) is 0 Å². The van der Waals surface area contributed by atoms with Crippen LogP contribution in [0.15, 0.2) is 36.8 Å². The average molecular weight is 511 g/mol. The topological polar surface area (TPSA) is 93.0 Å². The Kier molecular flexibility index (Phi) is 6.47. The predicted molar refractivity (Wildman–Crippen MR) is 136 cm³/mol. The quantitative estimate of drug-likeness (QED) is 0.308. The zero-order valence-corrected chi connectivity index (χ0v) is 21.1. The molecule has 3 aromatic heterocycles. The van der Waals surface area contributed by atoms with Gasteiger partial charge in [0.2, 0.25) is 0 Å². The van der Waals surface area contributed by atoms with E-state index in [1.165, 1.54) is 6.07 Å². The highest BCUT2D eigenvalue weighted by molar-refractivity contribution is 6.31. The van der Waals surface area contributed by atoms with E-state index < -0.39 is 11.8 Å². The van der Waals surface area contributed by atoms with Crippen LogP contribution in [0.1, 0.15) is 61.4 Å². The highest BCUT2D eigenvalue weighted by Gasteiger charge is 2.28. The average Bonchev–Trinajstić information content (AvgIpc) is 3.48. The van der Waals surface area contributed by atoms with Crippen molar-refractivity contribution in [2.24, 2.45) is 5.92 Å². The Hall–Kier alpha value is -3.39. The number of carboxylic acid groups (broad SMARTS) is 1. The van der Waals surface area contributed by atoms with Crippen molar-refractivity contribution in [3.05, 3.63) is 64.5 Å². The maximum Gasteiger partial charge on any atom is 0.306 e. The van der Waals surface area contributed by atoms with Crippen LogP contribution in [0.25, 0.3) is 22.2 Å². The molecule has 0 saturated heterocycles. The van der Waals surface area contributed by atoms with E-state index in [2.05, 4.69) is 16.0 Å². The van der Waals surface area contributed by atoms with E-state index in [1.54, 1.807) is 13.2 Å². The Bertz CT molecular complexity index is 1440. The Morgan fingerprint density at radius 3 is 2.75 bits per heavy atom. The van der Waals surface area contributed by atoms with Gasteiger partial charge in [0, 0.05) is 46.6 Å². The van der Waals surface area contributed by atoms with E-state index >= 15 is 0 Å². The van der Waals surface area contributed by atoms with Crippen molar-refractivity contribution in [1.29, 1.82) is 0 Å². The third-order valence-corrected chi connectivity index (χ3v) is 7.81. The number of H-pyrrole nitrogens is 1. The number of nitrogens with one attached hydrogen (secondary N) is 1. The summed E-state index contributed by atoms with van der Waals surface area (Å²) in [4.78, 5) is 19.1. The number of rotatable bonds is 6. The Morgan fingerprint density at radius 2 is 2.06 bits per heavy atom. The van der Waals surface area contributed by atoms with Gasteiger partial charge in [-0.15, -0.1) is 0 Å². The molecule has 0 bridgehead atoms. The standard InChI is InChI=1S/C27H28ClFN4O3/c1-14(24-23(36-3)9-8-22(29)25(24)28)20-12-31-26-19(20)10-17(11-30-26)21-13-33(32-15(21)2)18-6-4-16(5-7-18)27(34)35/h8-14,16,18H,4-7H2,1-3H3,(H,30,31)(H,34,35). The van der Waals surface area contributed by atoms with E-state index in [-0.39, 0.29) is 22.9 Å². The number of aliphatic carboxylic acids is 1. The van der Waals surface area contributed by atoms with Gasteiger partial charge >= 0.3 is 5.97 Å². The molecule has 1 aliphatic rings. The molecule has 1 aromatic carbocycles. The van der Waals surface area contributed by atoms with Gasteiger partial charge < -0.3 is 14.8 Å². The summed E-state index contributed by atoms with van der Waals surface area (Å²) in [6.07, 6.45) is 8.65. The second-order valence-corrected chi connectivity index (χ2v) is 9.89. The second kappa shape index (κ2) is 9.58. The number of methoxy groups -OCH3 is 1. The molecule has 1 fully saturated rings. The number of carboxylic acids is 1. The number of aromatic amines is 1. The first kappa shape index (κ1) is 24.3. The number of halogens is 2. The van der Waals surface area contributed by atoms with Gasteiger partial charge in [0.15, 0.2) is 0 Å². The number of pyridine rings is 1. The first-order valence-electron chi connectivity index (χ1n) is 12.1. The summed E-state index contributed by atoms with van der Waals surface area (Å²) in [7, 11) is 1.54. The summed E-state index contributed by atoms with van der Waals surface area (Å²) < 4.78 is 21.8. The molecule has 0 spiro atoms. The molecule has 188 valence electrons. The number of nitrogens with zero attached hydrogens (tertiary/aromatic N) is 3. The summed E-state index contributed by atoms with van der Waals surface area (Å²) in [6, 6.07) is 5.16. The van der Waals surface area contributed by atoms with Crippen molar-refractivity contribution < 1.29 is 19.0 Å². The van der Waals surface area contributed by atoms with Crippen LogP contribution in [0, 0.1) is 18.7 Å². The lowest BCUT2D eigenvalue weighted by molar-refractivity contribution is -0.143. The Morgan fingerprint density at radius 1 is 1.31 bits per heavy atom. The number of benzene rings is 1. The molecule has 1 aliphatic carbocycles. The Labute approximate surface area is 213 Å². The molecule has 1 saturated carbocycles. The van der Waals surface area contributed by atoms with Crippen LogP contribution in [0.3, 0.4) is 0 Å². The Balaban J connectivity index is 1.49. The number of hydrogen-bond acceptors (Lipinski definition) is 4. The number of fused-ring (bicyclic) bond motifs is 1. The zero-order chi connectivity index (χ0) is 25.6. The third kappa shape index (κ3) is 4.23. The van der Waals surface area contributed by atoms with Crippen molar-refractivity contribution >= 4 is 28.6 Å². The van der Waals surface area contributed by atoms with Crippen LogP contribution in [0.2, 0.25) is 5.02 Å². The first-order chi connectivity index (χ1) is 17.3. The summed E-state index contributed by atoms with van der Waals surface area (Å²) >= 11 is 6.37. The molecule has 2 N–H and O–H groups in total. The van der Waals surface area contributed by atoms with Crippen molar-refractivity contribution in [2.45, 2.75) is 51.5 Å². The fourth-order valence-corrected chi connectivity index (χ4v) is 5.67. The van der Waals surface area contributed by atoms with Crippen molar-refractivity contribution in [2.75, 3.05) is 7.11 Å². The van der Waals surface area contributed by atoms with Gasteiger partial charge in [0.25, 0.3) is 0 Å². The fraction of sp³-hybridized carbons (Fsp3) is 0.370. The molecule has 1 atom stereocenters. The van der Waals surface area contributed by atoms with E-state index in [0.717, 1.165) is 46.3 Å². The molecule has 3 heterocycles. The highest BCUT2D eigenvalue weighted by atomic mass is 35.5. The second-order valence-electron chi connectivity index (χ2n) is 9.52. The van der Waals surface area contributed by atoms with E-state index in [4.69, 9.17) is 21.4 Å². The molecule has 5 rings (SSSR count). The summed E-state index contributed by atoms with van der Waals surface area (Å²) in [5.74, 6) is -1.18. The van der Waals surface area contributed by atoms with Gasteiger partial charge in [-0.1, -0.05) is 18.5 Å². The van der Waals surface area contributed by atoms with E-state index in [1.807, 2.05) is 37.1 Å². The van der Waals surface area contributed by atoms with Crippen LogP contribution in [-0.2, 0) is 4.79 Å². The monoisotopic (exact) mass is 510 g/mol. The van der Waals surface area contributed by atoms with Crippen LogP contribution < -0.4 is 4.74 Å². The molecular formula is C27H28ClFN4O3. The van der Waals surface area contributed by atoms with Crippen LogP contribution in [-0.4, -0.2) is 37.9 Å². The smallest absolute Gasteiger partial charge is 0.306 e. The molecule has 1 unspecified atom stereocenters. The minimum atomic E-state index is -0.709. The van der Waals surface area contributed by atoms with E-state index in [0.29, 0.717) is 24.2 Å². The number of carbonyl (C=O) groups is 1. The lowest BCUT2D eigenvalue weighted by atomic mass is 9.86. The van der Waals surface area contributed by atoms with Crippen LogP contribution in [0.5, 0.6) is 5.75 Å². The predicted octanol–water partition coefficient (Wildman–Crippen LogP) is 6.50. The molecule has 0 aliphatic heterocycles. The zero-order valence-electron chi connectivity index (χ0n) is 20.4. The molecule has 0 amide bonds. The van der Waals surface area contributed by atoms with Gasteiger partial charge in [-0.2, -0.15) is 5.10 Å². The van der Waals surface area contributed by atoms with Gasteiger partial charge in [0.1, 0.15) is 17.2 Å². The number of hydrogen-bond donors (Lipinski definition) is 2.